The van der Waals surface area contributed by atoms with Crippen LogP contribution in [0.3, 0.4) is 0 Å². The minimum atomic E-state index is 0.292. The summed E-state index contributed by atoms with van der Waals surface area (Å²) >= 11 is 0. The van der Waals surface area contributed by atoms with Crippen molar-refractivity contribution in [2.75, 3.05) is 40.4 Å². The third kappa shape index (κ3) is 4.49. The predicted molar refractivity (Wildman–Crippen MR) is 64.3 cm³/mol. The summed E-state index contributed by atoms with van der Waals surface area (Å²) in [7, 11) is 3.66. The van der Waals surface area contributed by atoms with Crippen molar-refractivity contribution >= 4 is 5.91 Å². The number of nitrogens with zero attached hydrogens (tertiary/aromatic N) is 1. The molecular formula is C12H24N2O2. The molecule has 1 saturated heterocycles. The van der Waals surface area contributed by atoms with Crippen LogP contribution in [0.25, 0.3) is 0 Å². The van der Waals surface area contributed by atoms with Crippen LogP contribution in [0.1, 0.15) is 25.7 Å². The Balaban J connectivity index is 2.17. The minimum absolute atomic E-state index is 0.292. The molecule has 0 atom stereocenters. The van der Waals surface area contributed by atoms with Gasteiger partial charge in [0.1, 0.15) is 0 Å². The molecule has 1 aliphatic heterocycles. The first kappa shape index (κ1) is 13.5. The van der Waals surface area contributed by atoms with Gasteiger partial charge >= 0.3 is 0 Å². The molecule has 1 rings (SSSR count). The Kier molecular flexibility index (Phi) is 6.42. The molecule has 1 fully saturated rings. The van der Waals surface area contributed by atoms with E-state index in [1.165, 1.54) is 0 Å². The van der Waals surface area contributed by atoms with E-state index in [4.69, 9.17) is 4.74 Å². The lowest BCUT2D eigenvalue weighted by atomic mass is 9.96. The van der Waals surface area contributed by atoms with Gasteiger partial charge in [-0.2, -0.15) is 0 Å². The zero-order valence-electron chi connectivity index (χ0n) is 10.5. The van der Waals surface area contributed by atoms with Crippen molar-refractivity contribution in [3.05, 3.63) is 0 Å². The van der Waals surface area contributed by atoms with Crippen molar-refractivity contribution in [3.8, 4) is 0 Å². The van der Waals surface area contributed by atoms with Crippen LogP contribution in [-0.2, 0) is 9.53 Å². The third-order valence-electron chi connectivity index (χ3n) is 3.20. The molecule has 4 nitrogen and oxygen atoms in total. The van der Waals surface area contributed by atoms with Crippen LogP contribution in [-0.4, -0.2) is 51.2 Å². The molecular weight excluding hydrogens is 204 g/mol. The van der Waals surface area contributed by atoms with Gasteiger partial charge in [-0.1, -0.05) is 0 Å². The Hall–Kier alpha value is -0.610. The largest absolute Gasteiger partial charge is 0.385 e. The van der Waals surface area contributed by atoms with E-state index in [1.54, 1.807) is 7.11 Å². The predicted octanol–water partition coefficient (Wildman–Crippen LogP) is 0.871. The van der Waals surface area contributed by atoms with Crippen molar-refractivity contribution in [3.63, 3.8) is 0 Å². The Bertz CT molecular complexity index is 201. The maximum Gasteiger partial charge on any atom is 0.222 e. The van der Waals surface area contributed by atoms with E-state index in [9.17, 15) is 4.79 Å². The number of carbonyl (C=O) groups excluding carboxylic acids is 1. The molecule has 0 unspecified atom stereocenters. The Morgan fingerprint density at radius 1 is 1.44 bits per heavy atom. The van der Waals surface area contributed by atoms with Gasteiger partial charge in [-0.3, -0.25) is 4.79 Å². The van der Waals surface area contributed by atoms with E-state index in [-0.39, 0.29) is 0 Å². The van der Waals surface area contributed by atoms with Crippen molar-refractivity contribution < 1.29 is 9.53 Å². The maximum absolute atomic E-state index is 11.8. The van der Waals surface area contributed by atoms with E-state index < -0.39 is 0 Å². The number of hydrogen-bond donors (Lipinski definition) is 1. The molecule has 1 N–H and O–H groups in total. The number of hydrogen-bond acceptors (Lipinski definition) is 3. The van der Waals surface area contributed by atoms with E-state index in [2.05, 4.69) is 5.32 Å². The lowest BCUT2D eigenvalue weighted by Crippen LogP contribution is -2.40. The molecule has 4 heteroatoms. The summed E-state index contributed by atoms with van der Waals surface area (Å²) in [4.78, 5) is 13.8. The van der Waals surface area contributed by atoms with Crippen LogP contribution in [0.2, 0.25) is 0 Å². The van der Waals surface area contributed by atoms with Crippen LogP contribution in [0.4, 0.5) is 0 Å². The second kappa shape index (κ2) is 7.63. The first-order valence-electron chi connectivity index (χ1n) is 6.19. The number of methoxy groups -OCH3 is 1. The summed E-state index contributed by atoms with van der Waals surface area (Å²) in [5, 5.41) is 3.20. The number of piperidine rings is 1. The summed E-state index contributed by atoms with van der Waals surface area (Å²) in [6.45, 7) is 3.62. The molecule has 94 valence electrons. The fourth-order valence-corrected chi connectivity index (χ4v) is 2.20. The zero-order valence-corrected chi connectivity index (χ0v) is 10.5. The molecule has 0 saturated carbocycles. The molecule has 0 aromatic carbocycles. The van der Waals surface area contributed by atoms with Gasteiger partial charge < -0.3 is 15.0 Å². The van der Waals surface area contributed by atoms with Crippen molar-refractivity contribution in [1.29, 1.82) is 0 Å². The highest BCUT2D eigenvalue weighted by molar-refractivity contribution is 5.76. The Morgan fingerprint density at radius 3 is 2.69 bits per heavy atom. The number of rotatable bonds is 6. The average Bonchev–Trinajstić information content (AvgIpc) is 2.30. The number of nitrogens with one attached hydrogen (secondary N) is 1. The normalized spacial score (nSPS) is 17.8. The maximum atomic E-state index is 11.8. The molecule has 0 aliphatic carbocycles. The molecule has 0 spiro atoms. The summed E-state index contributed by atoms with van der Waals surface area (Å²) in [6, 6.07) is 0. The van der Waals surface area contributed by atoms with Crippen LogP contribution < -0.4 is 5.32 Å². The van der Waals surface area contributed by atoms with Crippen LogP contribution in [0, 0.1) is 5.92 Å². The number of likely N-dealkylation sites (tertiary alicyclic amines) is 1. The van der Waals surface area contributed by atoms with E-state index >= 15 is 0 Å². The van der Waals surface area contributed by atoms with Crippen molar-refractivity contribution in [1.82, 2.24) is 10.2 Å². The van der Waals surface area contributed by atoms with Crippen molar-refractivity contribution in [2.24, 2.45) is 5.92 Å². The zero-order chi connectivity index (χ0) is 11.8. The van der Waals surface area contributed by atoms with E-state index in [0.717, 1.165) is 44.8 Å². The highest BCUT2D eigenvalue weighted by Crippen LogP contribution is 2.17. The van der Waals surface area contributed by atoms with Gasteiger partial charge in [0.05, 0.1) is 0 Å². The summed E-state index contributed by atoms with van der Waals surface area (Å²) in [6.07, 6.45) is 3.74. The quantitative estimate of drug-likeness (QED) is 0.686. The topological polar surface area (TPSA) is 41.6 Å². The van der Waals surface area contributed by atoms with Gasteiger partial charge in [-0.05, 0) is 38.8 Å². The SMILES string of the molecule is CNCC1CCN(C(=O)CCCOC)CC1. The first-order valence-corrected chi connectivity index (χ1v) is 6.19. The van der Waals surface area contributed by atoms with E-state index in [1.807, 2.05) is 11.9 Å². The lowest BCUT2D eigenvalue weighted by molar-refractivity contribution is -0.132. The summed E-state index contributed by atoms with van der Waals surface area (Å²) < 4.78 is 4.95. The fourth-order valence-electron chi connectivity index (χ4n) is 2.20. The van der Waals surface area contributed by atoms with Gasteiger partial charge in [0, 0.05) is 33.2 Å². The Labute approximate surface area is 98.3 Å². The lowest BCUT2D eigenvalue weighted by Gasteiger charge is -2.32. The smallest absolute Gasteiger partial charge is 0.222 e. The molecule has 0 bridgehead atoms. The fraction of sp³-hybridized carbons (Fsp3) is 0.917. The highest BCUT2D eigenvalue weighted by Gasteiger charge is 2.21. The summed E-state index contributed by atoms with van der Waals surface area (Å²) in [5.74, 6) is 1.04. The van der Waals surface area contributed by atoms with Gasteiger partial charge in [0.15, 0.2) is 0 Å². The van der Waals surface area contributed by atoms with Crippen LogP contribution in [0.15, 0.2) is 0 Å². The number of ether oxygens (including phenoxy) is 1. The van der Waals surface area contributed by atoms with Gasteiger partial charge in [-0.25, -0.2) is 0 Å². The molecule has 0 aromatic rings. The Morgan fingerprint density at radius 2 is 2.12 bits per heavy atom. The monoisotopic (exact) mass is 228 g/mol. The molecule has 1 amide bonds. The van der Waals surface area contributed by atoms with Gasteiger partial charge in [0.25, 0.3) is 0 Å². The molecule has 0 aromatic heterocycles. The standard InChI is InChI=1S/C12H24N2O2/c1-13-10-11-5-7-14(8-6-11)12(15)4-3-9-16-2/h11,13H,3-10H2,1-2H3. The third-order valence-corrected chi connectivity index (χ3v) is 3.20. The highest BCUT2D eigenvalue weighted by atomic mass is 16.5. The molecule has 1 aliphatic rings. The van der Waals surface area contributed by atoms with Crippen LogP contribution >= 0.6 is 0 Å². The van der Waals surface area contributed by atoms with Gasteiger partial charge in [0.2, 0.25) is 5.91 Å². The average molecular weight is 228 g/mol. The second-order valence-electron chi connectivity index (χ2n) is 4.48. The van der Waals surface area contributed by atoms with E-state index in [0.29, 0.717) is 18.9 Å². The van der Waals surface area contributed by atoms with Crippen molar-refractivity contribution in [2.45, 2.75) is 25.7 Å². The number of amides is 1. The minimum Gasteiger partial charge on any atom is -0.385 e. The van der Waals surface area contributed by atoms with Gasteiger partial charge in [-0.15, -0.1) is 0 Å². The molecule has 1 heterocycles. The summed E-state index contributed by atoms with van der Waals surface area (Å²) in [5.41, 5.74) is 0. The first-order chi connectivity index (χ1) is 7.77. The van der Waals surface area contributed by atoms with Crippen LogP contribution in [0.5, 0.6) is 0 Å². The molecule has 0 radical (unpaired) electrons. The number of carbonyl (C=O) groups is 1. The molecule has 16 heavy (non-hydrogen) atoms. The second-order valence-corrected chi connectivity index (χ2v) is 4.48.